The molecule has 0 fully saturated rings. The molecule has 0 spiro atoms. The van der Waals surface area contributed by atoms with Crippen LogP contribution in [0.4, 0.5) is 0 Å². The molecule has 4 heteroatoms. The maximum Gasteiger partial charge on any atom is 0.164 e. The second-order valence-electron chi connectivity index (χ2n) is 14.4. The minimum absolute atomic E-state index is 0.0831. The highest BCUT2D eigenvalue weighted by Gasteiger charge is 2.18. The highest BCUT2D eigenvalue weighted by Crippen LogP contribution is 2.32. The lowest BCUT2D eigenvalue weighted by Gasteiger charge is -2.19. The van der Waals surface area contributed by atoms with E-state index in [4.69, 9.17) is 23.2 Å². The minimum atomic E-state index is -1.68. The van der Waals surface area contributed by atoms with Gasteiger partial charge in [0.15, 0.2) is 17.5 Å². The van der Waals surface area contributed by atoms with Crippen LogP contribution in [0.5, 0.6) is 0 Å². The third kappa shape index (κ3) is 7.26. The van der Waals surface area contributed by atoms with Crippen LogP contribution >= 0.6 is 0 Å². The smallest absolute Gasteiger partial charge is 0.164 e. The molecule has 0 aliphatic heterocycles. The van der Waals surface area contributed by atoms with Crippen LogP contribution in [0.2, 0.25) is 19.6 Å². The van der Waals surface area contributed by atoms with Crippen LogP contribution in [0.3, 0.4) is 0 Å². The largest absolute Gasteiger partial charge is 0.208 e. The molecule has 0 bridgehead atoms. The summed E-state index contributed by atoms with van der Waals surface area (Å²) in [6, 6.07) is 29.4. The van der Waals surface area contributed by atoms with Crippen molar-refractivity contribution >= 4 is 13.3 Å². The van der Waals surface area contributed by atoms with Crippen LogP contribution in [0.25, 0.3) is 67.5 Å². The Morgan fingerprint density at radius 1 is 0.440 bits per heavy atom. The average molecular weight is 674 g/mol. The Morgan fingerprint density at radius 2 is 0.820 bits per heavy atom. The quantitative estimate of drug-likeness (QED) is 0.158. The second-order valence-corrected chi connectivity index (χ2v) is 19.5. The fraction of sp³-hybridized carbons (Fsp3) is 0.152. The number of aromatic nitrogens is 3. The van der Waals surface area contributed by atoms with Gasteiger partial charge in [-0.15, -0.1) is 0 Å². The van der Waals surface area contributed by atoms with E-state index in [0.29, 0.717) is 16.7 Å². The Kier molecular flexibility index (Phi) is 6.63. The van der Waals surface area contributed by atoms with E-state index in [1.54, 1.807) is 12.1 Å². The number of benzene rings is 6. The van der Waals surface area contributed by atoms with E-state index in [1.807, 2.05) is 91.0 Å². The van der Waals surface area contributed by atoms with E-state index in [9.17, 15) is 2.74 Å². The molecule has 0 atom stereocenters. The molecule has 1 aromatic heterocycles. The summed E-state index contributed by atoms with van der Waals surface area (Å²) >= 11 is 0. The van der Waals surface area contributed by atoms with E-state index < -0.39 is 44.3 Å². The molecule has 0 radical (unpaired) electrons. The van der Waals surface area contributed by atoms with Gasteiger partial charge in [-0.3, -0.25) is 0 Å². The number of hydrogen-bond donors (Lipinski definition) is 0. The third-order valence-corrected chi connectivity index (χ3v) is 10.7. The Morgan fingerprint density at radius 3 is 1.34 bits per heavy atom. The summed E-state index contributed by atoms with van der Waals surface area (Å²) in [4.78, 5) is 14.4. The van der Waals surface area contributed by atoms with Gasteiger partial charge in [0.05, 0.1) is 19.0 Å². The lowest BCUT2D eigenvalue weighted by Crippen LogP contribution is -2.37. The molecule has 50 heavy (non-hydrogen) atoms. The van der Waals surface area contributed by atoms with Crippen LogP contribution in [0.15, 0.2) is 151 Å². The first-order chi connectivity index (χ1) is 27.4. The van der Waals surface area contributed by atoms with Crippen LogP contribution < -0.4 is 5.19 Å². The molecule has 3 nitrogen and oxygen atoms in total. The van der Waals surface area contributed by atoms with Crippen molar-refractivity contribution in [2.24, 2.45) is 0 Å². The fourth-order valence-corrected chi connectivity index (χ4v) is 6.80. The fourth-order valence-electron chi connectivity index (χ4n) is 5.64. The van der Waals surface area contributed by atoms with Gasteiger partial charge < -0.3 is 0 Å². The summed E-state index contributed by atoms with van der Waals surface area (Å²) in [6.07, 6.45) is 0. The molecule has 7 aromatic rings. The van der Waals surface area contributed by atoms with Crippen molar-refractivity contribution in [3.63, 3.8) is 0 Å². The molecule has 0 N–H and O–H groups in total. The summed E-state index contributed by atoms with van der Waals surface area (Å²) in [5.41, 5.74) is 4.24. The zero-order valence-electron chi connectivity index (χ0n) is 37.2. The highest BCUT2D eigenvalue weighted by atomic mass is 28.3. The standard InChI is InChI=1S/C46H43N3Si/c1-46(2,3)41-26-22-36(23-27-41)44-47-43(35-20-18-33(19-21-35)32-12-8-7-9-13-32)48-45(49-44)40-17-11-16-39(31-40)38-15-10-14-37(30-38)34-24-28-42(29-25-34)50(4,5)6/h7-31H,1-6H3/i10D,11D,14D,15D,16D,17D,30D,31D. The SMILES string of the molecule is [2H]c1c([2H])c(-c2ccc([Si](C)(C)C)cc2)c([2H])c(-c2c([2H])c([2H])c([2H])c(-c3nc(-c4ccc(-c5ccccc5)cc4)nc(-c4ccc(C(C)(C)C)cc4)n3)c2[2H])c1[2H]. The minimum Gasteiger partial charge on any atom is -0.208 e. The van der Waals surface area contributed by atoms with Crippen molar-refractivity contribution in [1.29, 1.82) is 0 Å². The van der Waals surface area contributed by atoms with Gasteiger partial charge in [-0.2, -0.15) is 0 Å². The van der Waals surface area contributed by atoms with Crippen LogP contribution in [-0.4, -0.2) is 23.0 Å². The topological polar surface area (TPSA) is 38.7 Å². The first kappa shape index (κ1) is 24.6. The molecule has 0 aliphatic rings. The molecule has 0 saturated heterocycles. The van der Waals surface area contributed by atoms with Gasteiger partial charge in [0.25, 0.3) is 0 Å². The summed E-state index contributed by atoms with van der Waals surface area (Å²) in [5, 5.41) is 1.17. The Balaban J connectivity index is 1.46. The monoisotopic (exact) mass is 673 g/mol. The first-order valence-electron chi connectivity index (χ1n) is 20.7. The molecular weight excluding hydrogens is 623 g/mol. The van der Waals surface area contributed by atoms with Crippen LogP contribution in [0, 0.1) is 0 Å². The number of rotatable bonds is 7. The molecular formula is C46H43N3Si. The first-order valence-corrected chi connectivity index (χ1v) is 20.2. The lowest BCUT2D eigenvalue weighted by atomic mass is 9.87. The van der Waals surface area contributed by atoms with Gasteiger partial charge in [0.2, 0.25) is 0 Å². The molecule has 0 unspecified atom stereocenters. The van der Waals surface area contributed by atoms with Gasteiger partial charge in [0.1, 0.15) is 0 Å². The number of hydrogen-bond acceptors (Lipinski definition) is 3. The predicted molar refractivity (Wildman–Crippen MR) is 214 cm³/mol. The normalized spacial score (nSPS) is 14.0. The van der Waals surface area contributed by atoms with Gasteiger partial charge in [-0.1, -0.05) is 185 Å². The summed E-state index contributed by atoms with van der Waals surface area (Å²) < 4.78 is 72.6. The van der Waals surface area contributed by atoms with E-state index in [0.717, 1.165) is 16.7 Å². The molecule has 0 amide bonds. The second kappa shape index (κ2) is 13.5. The molecule has 246 valence electrons. The van der Waals surface area contributed by atoms with Gasteiger partial charge in [-0.05, 0) is 56.4 Å². The molecule has 0 aliphatic carbocycles. The van der Waals surface area contributed by atoms with Gasteiger partial charge in [-0.25, -0.2) is 15.0 Å². The zero-order valence-corrected chi connectivity index (χ0v) is 30.2. The van der Waals surface area contributed by atoms with E-state index in [-0.39, 0.29) is 57.2 Å². The third-order valence-electron chi connectivity index (χ3n) is 8.66. The highest BCUT2D eigenvalue weighted by molar-refractivity contribution is 6.88. The van der Waals surface area contributed by atoms with E-state index in [2.05, 4.69) is 40.4 Å². The predicted octanol–water partition coefficient (Wildman–Crippen LogP) is 11.7. The van der Waals surface area contributed by atoms with Crippen molar-refractivity contribution in [3.8, 4) is 67.5 Å². The van der Waals surface area contributed by atoms with Crippen molar-refractivity contribution in [2.75, 3.05) is 0 Å². The van der Waals surface area contributed by atoms with Crippen LogP contribution in [0.1, 0.15) is 37.3 Å². The summed E-state index contributed by atoms with van der Waals surface area (Å²) in [5.74, 6) is 0.452. The summed E-state index contributed by atoms with van der Waals surface area (Å²) in [6.45, 7) is 13.0. The maximum absolute atomic E-state index is 9.57. The van der Waals surface area contributed by atoms with Gasteiger partial charge >= 0.3 is 0 Å². The van der Waals surface area contributed by atoms with Crippen molar-refractivity contribution < 1.29 is 11.0 Å². The summed E-state index contributed by atoms with van der Waals surface area (Å²) in [7, 11) is -1.68. The van der Waals surface area contributed by atoms with E-state index >= 15 is 0 Å². The maximum atomic E-state index is 9.57. The lowest BCUT2D eigenvalue weighted by molar-refractivity contribution is 0.590. The Bertz CT molecular complexity index is 2690. The van der Waals surface area contributed by atoms with Crippen molar-refractivity contribution in [1.82, 2.24) is 15.0 Å². The molecule has 6 aromatic carbocycles. The molecule has 7 rings (SSSR count). The molecule has 1 heterocycles. The molecule has 0 saturated carbocycles. The Labute approximate surface area is 309 Å². The van der Waals surface area contributed by atoms with Crippen molar-refractivity contribution in [3.05, 3.63) is 157 Å². The van der Waals surface area contributed by atoms with Crippen LogP contribution in [-0.2, 0) is 5.41 Å². The number of nitrogens with zero attached hydrogens (tertiary/aromatic N) is 3. The van der Waals surface area contributed by atoms with E-state index in [1.165, 1.54) is 5.19 Å². The average Bonchev–Trinajstić information content (AvgIpc) is 3.20. The zero-order chi connectivity index (χ0) is 41.8. The van der Waals surface area contributed by atoms with Gasteiger partial charge in [0, 0.05) is 16.7 Å². The Hall–Kier alpha value is -5.45. The van der Waals surface area contributed by atoms with Crippen molar-refractivity contribution in [2.45, 2.75) is 45.8 Å².